The van der Waals surface area contributed by atoms with Gasteiger partial charge in [-0.05, 0) is 38.6 Å². The fraction of sp³-hybridized carbons (Fsp3) is 0.556. The molecule has 3 nitrogen and oxygen atoms in total. The molecule has 0 aromatic carbocycles. The zero-order valence-corrected chi connectivity index (χ0v) is 7.42. The van der Waals surface area contributed by atoms with E-state index in [9.17, 15) is 0 Å². The fourth-order valence-corrected chi connectivity index (χ4v) is 1.06. The van der Waals surface area contributed by atoms with Crippen LogP contribution in [0.2, 0.25) is 0 Å². The lowest BCUT2D eigenvalue weighted by Gasteiger charge is -2.09. The molecule has 0 spiro atoms. The Hall–Kier alpha value is -0.800. The summed E-state index contributed by atoms with van der Waals surface area (Å²) in [6.07, 6.45) is 2.70. The van der Waals surface area contributed by atoms with Crippen LogP contribution in [0.5, 0.6) is 0 Å². The second kappa shape index (κ2) is 4.95. The Morgan fingerprint density at radius 1 is 1.67 bits per heavy atom. The molecule has 1 heterocycles. The second-order valence-corrected chi connectivity index (χ2v) is 2.83. The first-order valence-electron chi connectivity index (χ1n) is 4.31. The first-order chi connectivity index (χ1) is 5.84. The first-order valence-corrected chi connectivity index (χ1v) is 4.31. The summed E-state index contributed by atoms with van der Waals surface area (Å²) in [5.41, 5.74) is 5.37. The van der Waals surface area contributed by atoms with Crippen molar-refractivity contribution in [2.24, 2.45) is 5.73 Å². The van der Waals surface area contributed by atoms with Crippen molar-refractivity contribution in [3.05, 3.63) is 24.2 Å². The third-order valence-corrected chi connectivity index (χ3v) is 1.80. The normalized spacial score (nSPS) is 13.2. The van der Waals surface area contributed by atoms with Gasteiger partial charge in [-0.15, -0.1) is 0 Å². The summed E-state index contributed by atoms with van der Waals surface area (Å²) in [6.45, 7) is 3.76. The highest BCUT2D eigenvalue weighted by molar-refractivity contribution is 5.02. The molecule has 0 saturated heterocycles. The van der Waals surface area contributed by atoms with Gasteiger partial charge in [-0.25, -0.2) is 0 Å². The van der Waals surface area contributed by atoms with Crippen LogP contribution in [-0.4, -0.2) is 13.1 Å². The van der Waals surface area contributed by atoms with Gasteiger partial charge in [0.1, 0.15) is 5.76 Å². The summed E-state index contributed by atoms with van der Waals surface area (Å²) >= 11 is 0. The van der Waals surface area contributed by atoms with Crippen LogP contribution in [0.1, 0.15) is 25.1 Å². The molecule has 0 radical (unpaired) electrons. The largest absolute Gasteiger partial charge is 0.468 e. The molecule has 1 rings (SSSR count). The topological polar surface area (TPSA) is 51.2 Å². The number of furan rings is 1. The Morgan fingerprint density at radius 2 is 2.50 bits per heavy atom. The van der Waals surface area contributed by atoms with Crippen molar-refractivity contribution in [3.8, 4) is 0 Å². The predicted molar refractivity (Wildman–Crippen MR) is 48.8 cm³/mol. The Morgan fingerprint density at radius 3 is 3.08 bits per heavy atom. The molecule has 1 aromatic rings. The molecule has 0 aliphatic carbocycles. The van der Waals surface area contributed by atoms with Gasteiger partial charge < -0.3 is 15.5 Å². The van der Waals surface area contributed by atoms with Crippen molar-refractivity contribution < 1.29 is 4.42 Å². The van der Waals surface area contributed by atoms with Crippen LogP contribution in [0.4, 0.5) is 0 Å². The van der Waals surface area contributed by atoms with Crippen LogP contribution in [0.3, 0.4) is 0 Å². The molecule has 12 heavy (non-hydrogen) atoms. The highest BCUT2D eigenvalue weighted by Crippen LogP contribution is 2.11. The quantitative estimate of drug-likeness (QED) is 0.651. The maximum Gasteiger partial charge on any atom is 0.120 e. The van der Waals surface area contributed by atoms with Crippen LogP contribution in [0, 0.1) is 0 Å². The summed E-state index contributed by atoms with van der Waals surface area (Å²) in [6, 6.07) is 4.16. The summed E-state index contributed by atoms with van der Waals surface area (Å²) < 4.78 is 5.23. The van der Waals surface area contributed by atoms with Crippen molar-refractivity contribution in [2.45, 2.75) is 19.4 Å². The van der Waals surface area contributed by atoms with Gasteiger partial charge in [-0.1, -0.05) is 0 Å². The van der Waals surface area contributed by atoms with E-state index in [0.29, 0.717) is 0 Å². The molecule has 1 unspecified atom stereocenters. The Balaban J connectivity index is 2.25. The van der Waals surface area contributed by atoms with Crippen LogP contribution >= 0.6 is 0 Å². The minimum Gasteiger partial charge on any atom is -0.468 e. The Bertz CT molecular complexity index is 196. The lowest BCUT2D eigenvalue weighted by molar-refractivity contribution is 0.430. The number of rotatable bonds is 5. The van der Waals surface area contributed by atoms with Crippen LogP contribution < -0.4 is 11.1 Å². The molecule has 0 saturated carbocycles. The van der Waals surface area contributed by atoms with Crippen LogP contribution in [-0.2, 0) is 0 Å². The SMILES string of the molecule is CC(NCCCN)c1ccco1. The fourth-order valence-electron chi connectivity index (χ4n) is 1.06. The molecule has 3 heteroatoms. The number of nitrogens with one attached hydrogen (secondary N) is 1. The maximum atomic E-state index is 5.37. The minimum atomic E-state index is 0.284. The predicted octanol–water partition coefficient (Wildman–Crippen LogP) is 1.28. The van der Waals surface area contributed by atoms with E-state index in [2.05, 4.69) is 12.2 Å². The van der Waals surface area contributed by atoms with E-state index >= 15 is 0 Å². The lowest BCUT2D eigenvalue weighted by atomic mass is 10.2. The molecule has 0 aliphatic heterocycles. The maximum absolute atomic E-state index is 5.37. The third kappa shape index (κ3) is 2.68. The van der Waals surface area contributed by atoms with Gasteiger partial charge in [0.2, 0.25) is 0 Å². The van der Waals surface area contributed by atoms with E-state index in [1.807, 2.05) is 12.1 Å². The number of nitrogens with two attached hydrogens (primary N) is 1. The Labute approximate surface area is 72.9 Å². The van der Waals surface area contributed by atoms with E-state index in [1.54, 1.807) is 6.26 Å². The van der Waals surface area contributed by atoms with E-state index in [-0.39, 0.29) is 6.04 Å². The van der Waals surface area contributed by atoms with Crippen molar-refractivity contribution in [3.63, 3.8) is 0 Å². The average Bonchev–Trinajstić information content (AvgIpc) is 2.56. The van der Waals surface area contributed by atoms with Gasteiger partial charge in [0, 0.05) is 0 Å². The molecular weight excluding hydrogens is 152 g/mol. The molecular formula is C9H16N2O. The zero-order valence-electron chi connectivity index (χ0n) is 7.42. The molecule has 0 aliphatic rings. The first kappa shape index (κ1) is 9.29. The van der Waals surface area contributed by atoms with Gasteiger partial charge in [0.25, 0.3) is 0 Å². The summed E-state index contributed by atoms with van der Waals surface area (Å²) in [4.78, 5) is 0. The van der Waals surface area contributed by atoms with Gasteiger partial charge in [0.15, 0.2) is 0 Å². The summed E-state index contributed by atoms with van der Waals surface area (Å²) in [5.74, 6) is 0.979. The van der Waals surface area contributed by atoms with Gasteiger partial charge >= 0.3 is 0 Å². The van der Waals surface area contributed by atoms with Crippen LogP contribution in [0.15, 0.2) is 22.8 Å². The van der Waals surface area contributed by atoms with E-state index in [0.717, 1.165) is 25.3 Å². The molecule has 0 amide bonds. The minimum absolute atomic E-state index is 0.284. The monoisotopic (exact) mass is 168 g/mol. The molecule has 3 N–H and O–H groups in total. The van der Waals surface area contributed by atoms with Gasteiger partial charge in [0.05, 0.1) is 12.3 Å². The van der Waals surface area contributed by atoms with E-state index < -0.39 is 0 Å². The summed E-state index contributed by atoms with van der Waals surface area (Å²) in [7, 11) is 0. The molecule has 68 valence electrons. The smallest absolute Gasteiger partial charge is 0.120 e. The standard InChI is InChI=1S/C9H16N2O/c1-8(11-6-3-5-10)9-4-2-7-12-9/h2,4,7-8,11H,3,5-6,10H2,1H3. The third-order valence-electron chi connectivity index (χ3n) is 1.80. The highest BCUT2D eigenvalue weighted by atomic mass is 16.3. The van der Waals surface area contributed by atoms with Gasteiger partial charge in [-0.2, -0.15) is 0 Å². The van der Waals surface area contributed by atoms with Gasteiger partial charge in [-0.3, -0.25) is 0 Å². The molecule has 1 aromatic heterocycles. The van der Waals surface area contributed by atoms with Crippen molar-refractivity contribution in [1.82, 2.24) is 5.32 Å². The van der Waals surface area contributed by atoms with Crippen molar-refractivity contribution in [2.75, 3.05) is 13.1 Å². The van der Waals surface area contributed by atoms with E-state index in [4.69, 9.17) is 10.2 Å². The van der Waals surface area contributed by atoms with E-state index in [1.165, 1.54) is 0 Å². The molecule has 0 fully saturated rings. The zero-order chi connectivity index (χ0) is 8.81. The lowest BCUT2D eigenvalue weighted by Crippen LogP contribution is -2.21. The summed E-state index contributed by atoms with van der Waals surface area (Å²) in [5, 5.41) is 3.31. The van der Waals surface area contributed by atoms with Crippen LogP contribution in [0.25, 0.3) is 0 Å². The second-order valence-electron chi connectivity index (χ2n) is 2.83. The molecule has 0 bridgehead atoms. The van der Waals surface area contributed by atoms with Crippen molar-refractivity contribution >= 4 is 0 Å². The molecule has 1 atom stereocenters. The number of hydrogen-bond donors (Lipinski definition) is 2. The highest BCUT2D eigenvalue weighted by Gasteiger charge is 2.05. The Kier molecular flexibility index (Phi) is 3.84. The van der Waals surface area contributed by atoms with Crippen molar-refractivity contribution in [1.29, 1.82) is 0 Å². The average molecular weight is 168 g/mol. The number of hydrogen-bond acceptors (Lipinski definition) is 3.